The number of rotatable bonds is 1. The fourth-order valence-electron chi connectivity index (χ4n) is 2.42. The Morgan fingerprint density at radius 1 is 1.33 bits per heavy atom. The largest absolute Gasteiger partial charge is 0.312 e. The smallest absolute Gasteiger partial charge is 0.247 e. The van der Waals surface area contributed by atoms with Crippen LogP contribution in [0.4, 0.5) is 0 Å². The van der Waals surface area contributed by atoms with Crippen LogP contribution in [-0.2, 0) is 11.2 Å². The highest BCUT2D eigenvalue weighted by Crippen LogP contribution is 2.33. The first-order valence-corrected chi connectivity index (χ1v) is 5.26. The van der Waals surface area contributed by atoms with Gasteiger partial charge >= 0.3 is 0 Å². The molecule has 1 aromatic rings. The molecule has 2 aliphatic rings. The van der Waals surface area contributed by atoms with E-state index in [9.17, 15) is 4.79 Å². The number of carbonyl (C=O) groups is 1. The average molecular weight is 200 g/mol. The van der Waals surface area contributed by atoms with Gasteiger partial charge in [0, 0.05) is 5.92 Å². The Bertz CT molecular complexity index is 451. The third-order valence-corrected chi connectivity index (χ3v) is 3.12. The lowest BCUT2D eigenvalue weighted by Crippen LogP contribution is -2.28. The first kappa shape index (κ1) is 8.65. The normalized spacial score (nSPS) is 23.6. The molecule has 3 nitrogen and oxygen atoms in total. The summed E-state index contributed by atoms with van der Waals surface area (Å²) in [5.41, 5.74) is 2.73. The zero-order valence-electron chi connectivity index (χ0n) is 8.36. The zero-order chi connectivity index (χ0) is 10.3. The standard InChI is InChI=1S/C12H12N2O/c15-11-7-13-12(14-11)10-6-5-8-3-1-2-4-9(8)10/h1-4,10H,5-7H2,(H,13,14,15). The average Bonchev–Trinajstić information content (AvgIpc) is 2.83. The van der Waals surface area contributed by atoms with Crippen LogP contribution in [0.1, 0.15) is 23.5 Å². The Morgan fingerprint density at radius 3 is 3.00 bits per heavy atom. The lowest BCUT2D eigenvalue weighted by atomic mass is 10.0. The summed E-state index contributed by atoms with van der Waals surface area (Å²) in [7, 11) is 0. The van der Waals surface area contributed by atoms with E-state index in [0.29, 0.717) is 12.5 Å². The second-order valence-corrected chi connectivity index (χ2v) is 4.04. The predicted molar refractivity (Wildman–Crippen MR) is 57.9 cm³/mol. The maximum absolute atomic E-state index is 11.1. The second-order valence-electron chi connectivity index (χ2n) is 4.04. The van der Waals surface area contributed by atoms with E-state index in [2.05, 4.69) is 34.6 Å². The number of amidine groups is 1. The molecular weight excluding hydrogens is 188 g/mol. The molecule has 1 aliphatic carbocycles. The number of benzene rings is 1. The van der Waals surface area contributed by atoms with Gasteiger partial charge in [0.15, 0.2) is 0 Å². The molecule has 1 atom stereocenters. The summed E-state index contributed by atoms with van der Waals surface area (Å²) in [6.45, 7) is 0.300. The maximum Gasteiger partial charge on any atom is 0.247 e. The molecule has 1 aromatic carbocycles. The molecule has 15 heavy (non-hydrogen) atoms. The van der Waals surface area contributed by atoms with Crippen LogP contribution in [0.15, 0.2) is 29.3 Å². The Morgan fingerprint density at radius 2 is 2.20 bits per heavy atom. The van der Waals surface area contributed by atoms with E-state index in [0.717, 1.165) is 18.7 Å². The highest BCUT2D eigenvalue weighted by molar-refractivity contribution is 6.07. The number of hydrogen-bond acceptors (Lipinski definition) is 2. The molecule has 76 valence electrons. The fraction of sp³-hybridized carbons (Fsp3) is 0.333. The molecule has 3 rings (SSSR count). The summed E-state index contributed by atoms with van der Waals surface area (Å²) < 4.78 is 0. The van der Waals surface area contributed by atoms with Crippen LogP contribution in [-0.4, -0.2) is 18.3 Å². The van der Waals surface area contributed by atoms with Crippen molar-refractivity contribution in [3.05, 3.63) is 35.4 Å². The molecular formula is C12H12N2O. The number of fused-ring (bicyclic) bond motifs is 1. The molecule has 0 spiro atoms. The number of hydrogen-bond donors (Lipinski definition) is 1. The Labute approximate surface area is 88.2 Å². The van der Waals surface area contributed by atoms with E-state index in [4.69, 9.17) is 0 Å². The van der Waals surface area contributed by atoms with E-state index in [1.54, 1.807) is 0 Å². The van der Waals surface area contributed by atoms with Crippen LogP contribution < -0.4 is 5.32 Å². The zero-order valence-corrected chi connectivity index (χ0v) is 8.36. The summed E-state index contributed by atoms with van der Waals surface area (Å²) in [5.74, 6) is 1.20. The van der Waals surface area contributed by atoms with E-state index in [1.807, 2.05) is 0 Å². The molecule has 1 N–H and O–H groups in total. The lowest BCUT2D eigenvalue weighted by molar-refractivity contribution is -0.117. The fourth-order valence-corrected chi connectivity index (χ4v) is 2.42. The molecule has 1 unspecified atom stereocenters. The van der Waals surface area contributed by atoms with Crippen molar-refractivity contribution in [3.8, 4) is 0 Å². The van der Waals surface area contributed by atoms with Crippen molar-refractivity contribution < 1.29 is 4.79 Å². The highest BCUT2D eigenvalue weighted by atomic mass is 16.2. The summed E-state index contributed by atoms with van der Waals surface area (Å²) in [4.78, 5) is 15.4. The summed E-state index contributed by atoms with van der Waals surface area (Å²) in [6, 6.07) is 8.41. The van der Waals surface area contributed by atoms with Gasteiger partial charge < -0.3 is 5.32 Å². The van der Waals surface area contributed by atoms with Crippen molar-refractivity contribution >= 4 is 11.7 Å². The van der Waals surface area contributed by atoms with Gasteiger partial charge in [0.1, 0.15) is 12.4 Å². The van der Waals surface area contributed by atoms with E-state index in [-0.39, 0.29) is 5.91 Å². The number of nitrogens with one attached hydrogen (secondary N) is 1. The molecule has 1 aliphatic heterocycles. The number of aryl methyl sites for hydroxylation is 1. The van der Waals surface area contributed by atoms with Crippen molar-refractivity contribution in [1.29, 1.82) is 0 Å². The van der Waals surface area contributed by atoms with Gasteiger partial charge in [-0.2, -0.15) is 0 Å². The quantitative estimate of drug-likeness (QED) is 0.728. The molecule has 1 amide bonds. The first-order chi connectivity index (χ1) is 7.34. The van der Waals surface area contributed by atoms with Crippen LogP contribution in [0.25, 0.3) is 0 Å². The third kappa shape index (κ3) is 1.35. The Hall–Kier alpha value is -1.64. The van der Waals surface area contributed by atoms with Gasteiger partial charge in [-0.3, -0.25) is 9.79 Å². The molecule has 3 heteroatoms. The van der Waals surface area contributed by atoms with Gasteiger partial charge in [-0.25, -0.2) is 0 Å². The van der Waals surface area contributed by atoms with E-state index in [1.165, 1.54) is 11.1 Å². The molecule has 0 radical (unpaired) electrons. The van der Waals surface area contributed by atoms with Gasteiger partial charge in [0.05, 0.1) is 0 Å². The number of aliphatic imine (C=N–C) groups is 1. The molecule has 0 fully saturated rings. The minimum atomic E-state index is 0.0226. The van der Waals surface area contributed by atoms with Crippen molar-refractivity contribution in [2.24, 2.45) is 4.99 Å². The van der Waals surface area contributed by atoms with Crippen LogP contribution in [0.5, 0.6) is 0 Å². The maximum atomic E-state index is 11.1. The van der Waals surface area contributed by atoms with E-state index < -0.39 is 0 Å². The van der Waals surface area contributed by atoms with Crippen LogP contribution >= 0.6 is 0 Å². The molecule has 0 saturated carbocycles. The minimum absolute atomic E-state index is 0.0226. The van der Waals surface area contributed by atoms with Crippen LogP contribution in [0, 0.1) is 0 Å². The number of carbonyl (C=O) groups excluding carboxylic acids is 1. The van der Waals surface area contributed by atoms with Gasteiger partial charge in [-0.15, -0.1) is 0 Å². The van der Waals surface area contributed by atoms with Crippen LogP contribution in [0.3, 0.4) is 0 Å². The topological polar surface area (TPSA) is 41.5 Å². The number of amides is 1. The summed E-state index contributed by atoms with van der Waals surface area (Å²) >= 11 is 0. The monoisotopic (exact) mass is 200 g/mol. The highest BCUT2D eigenvalue weighted by Gasteiger charge is 2.29. The van der Waals surface area contributed by atoms with Gasteiger partial charge in [-0.1, -0.05) is 24.3 Å². The van der Waals surface area contributed by atoms with Crippen molar-refractivity contribution in [2.75, 3.05) is 6.54 Å². The first-order valence-electron chi connectivity index (χ1n) is 5.26. The summed E-state index contributed by atoms with van der Waals surface area (Å²) in [5, 5.41) is 2.85. The second kappa shape index (κ2) is 3.19. The minimum Gasteiger partial charge on any atom is -0.312 e. The Kier molecular flexibility index (Phi) is 1.84. The van der Waals surface area contributed by atoms with E-state index >= 15 is 0 Å². The molecule has 0 aromatic heterocycles. The van der Waals surface area contributed by atoms with Crippen molar-refractivity contribution in [3.63, 3.8) is 0 Å². The molecule has 0 bridgehead atoms. The van der Waals surface area contributed by atoms with Crippen molar-refractivity contribution in [2.45, 2.75) is 18.8 Å². The van der Waals surface area contributed by atoms with Gasteiger partial charge in [0.25, 0.3) is 0 Å². The van der Waals surface area contributed by atoms with Crippen molar-refractivity contribution in [1.82, 2.24) is 5.32 Å². The number of nitrogens with zero attached hydrogens (tertiary/aromatic N) is 1. The molecule has 0 saturated heterocycles. The van der Waals surface area contributed by atoms with Gasteiger partial charge in [0.2, 0.25) is 5.91 Å². The molecule has 1 heterocycles. The SMILES string of the molecule is O=C1CN=C(C2CCc3ccccc32)N1. The Balaban J connectivity index is 1.94. The van der Waals surface area contributed by atoms with Gasteiger partial charge in [-0.05, 0) is 24.0 Å². The lowest BCUT2D eigenvalue weighted by Gasteiger charge is -2.10. The summed E-state index contributed by atoms with van der Waals surface area (Å²) in [6.07, 6.45) is 2.16. The predicted octanol–water partition coefficient (Wildman–Crippen LogP) is 1.24. The third-order valence-electron chi connectivity index (χ3n) is 3.12. The van der Waals surface area contributed by atoms with Crippen LogP contribution in [0.2, 0.25) is 0 Å².